The van der Waals surface area contributed by atoms with E-state index in [4.69, 9.17) is 0 Å². The lowest BCUT2D eigenvalue weighted by Crippen LogP contribution is -2.28. The van der Waals surface area contributed by atoms with Gasteiger partial charge < -0.3 is 4.90 Å². The van der Waals surface area contributed by atoms with Gasteiger partial charge in [0.25, 0.3) is 0 Å². The molecule has 2 heterocycles. The lowest BCUT2D eigenvalue weighted by molar-refractivity contribution is 0.229. The summed E-state index contributed by atoms with van der Waals surface area (Å²) in [5, 5.41) is 0. The number of rotatable bonds is 4. The van der Waals surface area contributed by atoms with Crippen LogP contribution in [0.2, 0.25) is 0 Å². The van der Waals surface area contributed by atoms with Crippen molar-refractivity contribution in [3.8, 4) is 0 Å². The van der Waals surface area contributed by atoms with Gasteiger partial charge in [-0.1, -0.05) is 19.9 Å². The number of hydrogen-bond donors (Lipinski definition) is 0. The molecular weight excluding hydrogens is 222 g/mol. The third-order valence-electron chi connectivity index (χ3n) is 3.56. The Kier molecular flexibility index (Phi) is 4.23. The Morgan fingerprint density at radius 3 is 2.89 bits per heavy atom. The number of anilines is 1. The van der Waals surface area contributed by atoms with Crippen LogP contribution in [0.15, 0.2) is 18.3 Å². The van der Waals surface area contributed by atoms with E-state index in [1.54, 1.807) is 0 Å². The lowest BCUT2D eigenvalue weighted by Gasteiger charge is -2.28. The smallest absolute Gasteiger partial charge is 0.132 e. The molecule has 1 aliphatic heterocycles. The predicted molar refractivity (Wildman–Crippen MR) is 77.0 cm³/mol. The molecule has 18 heavy (non-hydrogen) atoms. The maximum absolute atomic E-state index is 4.54. The van der Waals surface area contributed by atoms with Gasteiger partial charge in [-0.2, -0.15) is 0 Å². The second kappa shape index (κ2) is 5.70. The van der Waals surface area contributed by atoms with E-state index in [2.05, 4.69) is 54.9 Å². The molecule has 0 bridgehead atoms. The van der Waals surface area contributed by atoms with Gasteiger partial charge in [0.05, 0.1) is 0 Å². The van der Waals surface area contributed by atoms with Crippen LogP contribution in [0.25, 0.3) is 0 Å². The van der Waals surface area contributed by atoms with E-state index in [-0.39, 0.29) is 0 Å². The van der Waals surface area contributed by atoms with Crippen LogP contribution in [0.5, 0.6) is 0 Å². The molecule has 0 saturated carbocycles. The van der Waals surface area contributed by atoms with Crippen LogP contribution in [0.1, 0.15) is 38.3 Å². The Balaban J connectivity index is 2.24. The molecule has 0 amide bonds. The van der Waals surface area contributed by atoms with Gasteiger partial charge >= 0.3 is 0 Å². The van der Waals surface area contributed by atoms with Crippen molar-refractivity contribution in [2.75, 3.05) is 32.1 Å². The average molecular weight is 247 g/mol. The fourth-order valence-corrected chi connectivity index (χ4v) is 2.91. The first-order valence-corrected chi connectivity index (χ1v) is 6.96. The van der Waals surface area contributed by atoms with E-state index in [0.29, 0.717) is 6.04 Å². The molecule has 0 N–H and O–H groups in total. The second-order valence-electron chi connectivity index (χ2n) is 5.86. The summed E-state index contributed by atoms with van der Waals surface area (Å²) in [5.41, 5.74) is 1.39. The van der Waals surface area contributed by atoms with Crippen LogP contribution < -0.4 is 4.90 Å². The van der Waals surface area contributed by atoms with Crippen molar-refractivity contribution in [2.45, 2.75) is 32.7 Å². The maximum atomic E-state index is 4.54. The number of aromatic nitrogens is 1. The van der Waals surface area contributed by atoms with Crippen molar-refractivity contribution in [3.63, 3.8) is 0 Å². The second-order valence-corrected chi connectivity index (χ2v) is 5.86. The zero-order valence-corrected chi connectivity index (χ0v) is 12.1. The summed E-state index contributed by atoms with van der Waals surface area (Å²) in [6.07, 6.45) is 4.46. The van der Waals surface area contributed by atoms with Crippen molar-refractivity contribution in [3.05, 3.63) is 23.9 Å². The normalized spacial score (nSPS) is 20.6. The Morgan fingerprint density at radius 2 is 2.22 bits per heavy atom. The first-order valence-electron chi connectivity index (χ1n) is 6.96. The lowest BCUT2D eigenvalue weighted by atomic mass is 10.0. The Labute approximate surface area is 111 Å². The molecule has 0 aliphatic carbocycles. The molecule has 1 atom stereocenters. The van der Waals surface area contributed by atoms with Crippen molar-refractivity contribution in [1.82, 2.24) is 9.88 Å². The quantitative estimate of drug-likeness (QED) is 0.815. The van der Waals surface area contributed by atoms with Crippen LogP contribution >= 0.6 is 0 Å². The summed E-state index contributed by atoms with van der Waals surface area (Å²) < 4.78 is 0. The van der Waals surface area contributed by atoms with Crippen molar-refractivity contribution < 1.29 is 0 Å². The summed E-state index contributed by atoms with van der Waals surface area (Å²) in [6, 6.07) is 4.86. The summed E-state index contributed by atoms with van der Waals surface area (Å²) in [6.45, 7) is 7.01. The van der Waals surface area contributed by atoms with Gasteiger partial charge in [0.15, 0.2) is 0 Å². The highest BCUT2D eigenvalue weighted by Gasteiger charge is 2.28. The highest BCUT2D eigenvalue weighted by molar-refractivity contribution is 5.47. The molecule has 1 aromatic heterocycles. The van der Waals surface area contributed by atoms with E-state index in [1.807, 2.05) is 6.20 Å². The fourth-order valence-electron chi connectivity index (χ4n) is 2.91. The highest BCUT2D eigenvalue weighted by atomic mass is 15.2. The monoisotopic (exact) mass is 247 g/mol. The molecule has 1 saturated heterocycles. The molecule has 100 valence electrons. The van der Waals surface area contributed by atoms with Crippen LogP contribution in [0.4, 0.5) is 5.82 Å². The van der Waals surface area contributed by atoms with Gasteiger partial charge in [-0.25, -0.2) is 4.98 Å². The zero-order valence-electron chi connectivity index (χ0n) is 12.1. The molecule has 0 radical (unpaired) electrons. The molecule has 2 rings (SSSR count). The largest absolute Gasteiger partial charge is 0.362 e. The molecule has 3 heteroatoms. The first-order chi connectivity index (χ1) is 8.59. The fraction of sp³-hybridized carbons (Fsp3) is 0.667. The maximum Gasteiger partial charge on any atom is 0.132 e. The van der Waals surface area contributed by atoms with E-state index < -0.39 is 0 Å². The topological polar surface area (TPSA) is 19.4 Å². The molecule has 0 spiro atoms. The molecule has 1 fully saturated rings. The third kappa shape index (κ3) is 2.83. The third-order valence-corrected chi connectivity index (χ3v) is 3.56. The van der Waals surface area contributed by atoms with Gasteiger partial charge in [0, 0.05) is 38.4 Å². The summed E-state index contributed by atoms with van der Waals surface area (Å²) in [4.78, 5) is 9.28. The number of likely N-dealkylation sites (tertiary alicyclic amines) is 1. The minimum Gasteiger partial charge on any atom is -0.362 e. The van der Waals surface area contributed by atoms with Gasteiger partial charge in [-0.15, -0.1) is 0 Å². The molecule has 0 aromatic carbocycles. The number of nitrogens with zero attached hydrogens (tertiary/aromatic N) is 3. The van der Waals surface area contributed by atoms with E-state index in [9.17, 15) is 0 Å². The summed E-state index contributed by atoms with van der Waals surface area (Å²) in [7, 11) is 4.15. The average Bonchev–Trinajstić information content (AvgIpc) is 2.76. The first kappa shape index (κ1) is 13.3. The van der Waals surface area contributed by atoms with Gasteiger partial charge in [0.1, 0.15) is 5.82 Å². The molecular formula is C15H25N3. The molecule has 1 aromatic rings. The van der Waals surface area contributed by atoms with Crippen molar-refractivity contribution in [1.29, 1.82) is 0 Å². The molecule has 1 unspecified atom stereocenters. The Morgan fingerprint density at radius 1 is 1.44 bits per heavy atom. The standard InChI is InChI=1S/C15H25N3/c1-12(2)11-18-10-6-8-14(18)13-7-5-9-16-15(13)17(3)4/h5,7,9,12,14H,6,8,10-11H2,1-4H3. The minimum atomic E-state index is 0.554. The zero-order chi connectivity index (χ0) is 13.1. The SMILES string of the molecule is CC(C)CN1CCCC1c1cccnc1N(C)C. The van der Waals surface area contributed by atoms with Crippen LogP contribution in [0.3, 0.4) is 0 Å². The van der Waals surface area contributed by atoms with E-state index in [0.717, 1.165) is 11.7 Å². The summed E-state index contributed by atoms with van der Waals surface area (Å²) >= 11 is 0. The van der Waals surface area contributed by atoms with Crippen LogP contribution in [-0.2, 0) is 0 Å². The molecule has 3 nitrogen and oxygen atoms in total. The summed E-state index contributed by atoms with van der Waals surface area (Å²) in [5.74, 6) is 1.85. The van der Waals surface area contributed by atoms with E-state index in [1.165, 1.54) is 31.5 Å². The predicted octanol–water partition coefficient (Wildman–Crippen LogP) is 2.94. The van der Waals surface area contributed by atoms with E-state index >= 15 is 0 Å². The number of pyridine rings is 1. The number of hydrogen-bond acceptors (Lipinski definition) is 3. The molecule has 1 aliphatic rings. The Bertz CT molecular complexity index is 387. The minimum absolute atomic E-state index is 0.554. The van der Waals surface area contributed by atoms with Crippen LogP contribution in [-0.4, -0.2) is 37.1 Å². The van der Waals surface area contributed by atoms with Gasteiger partial charge in [-0.05, 0) is 31.4 Å². The van der Waals surface area contributed by atoms with Crippen molar-refractivity contribution in [2.24, 2.45) is 5.92 Å². The Hall–Kier alpha value is -1.09. The highest BCUT2D eigenvalue weighted by Crippen LogP contribution is 2.36. The van der Waals surface area contributed by atoms with Crippen LogP contribution in [0, 0.1) is 5.92 Å². The van der Waals surface area contributed by atoms with Gasteiger partial charge in [0.2, 0.25) is 0 Å². The van der Waals surface area contributed by atoms with Gasteiger partial charge in [-0.3, -0.25) is 4.90 Å². The van der Waals surface area contributed by atoms with Crippen molar-refractivity contribution >= 4 is 5.82 Å².